The normalized spacial score (nSPS) is 18.9. The van der Waals surface area contributed by atoms with Crippen LogP contribution in [0.1, 0.15) is 31.7 Å². The number of pyridine rings is 1. The smallest absolute Gasteiger partial charge is 0.143 e. The van der Waals surface area contributed by atoms with Crippen LogP contribution >= 0.6 is 0 Å². The predicted molar refractivity (Wildman–Crippen MR) is 67.8 cm³/mol. The van der Waals surface area contributed by atoms with Gasteiger partial charge in [0.05, 0.1) is 0 Å². The van der Waals surface area contributed by atoms with E-state index < -0.39 is 0 Å². The van der Waals surface area contributed by atoms with E-state index in [4.69, 9.17) is 0 Å². The molecule has 0 aromatic carbocycles. The maximum Gasteiger partial charge on any atom is 0.143 e. The molecule has 3 heteroatoms. The Morgan fingerprint density at radius 1 is 1.47 bits per heavy atom. The average molecular weight is 232 g/mol. The third-order valence-corrected chi connectivity index (χ3v) is 3.92. The first-order valence-corrected chi connectivity index (χ1v) is 6.40. The van der Waals surface area contributed by atoms with Crippen molar-refractivity contribution in [2.24, 2.45) is 5.41 Å². The van der Waals surface area contributed by atoms with Gasteiger partial charge < -0.3 is 5.32 Å². The van der Waals surface area contributed by atoms with Crippen molar-refractivity contribution in [3.63, 3.8) is 0 Å². The number of hydrogen-bond donors (Lipinski definition) is 1. The van der Waals surface area contributed by atoms with Crippen molar-refractivity contribution in [2.75, 3.05) is 13.1 Å². The molecule has 0 spiro atoms. The monoisotopic (exact) mass is 232 g/mol. The van der Waals surface area contributed by atoms with Gasteiger partial charge in [0, 0.05) is 24.2 Å². The molecule has 3 nitrogen and oxygen atoms in total. The number of nitrogens with zero attached hydrogens (tertiary/aromatic N) is 1. The van der Waals surface area contributed by atoms with Crippen LogP contribution in [0.2, 0.25) is 0 Å². The lowest BCUT2D eigenvalue weighted by atomic mass is 9.72. The third-order valence-electron chi connectivity index (χ3n) is 3.92. The number of carbonyl (C=O) groups is 1. The Kier molecular flexibility index (Phi) is 3.89. The van der Waals surface area contributed by atoms with E-state index in [1.165, 1.54) is 0 Å². The van der Waals surface area contributed by atoms with E-state index in [0.717, 1.165) is 37.9 Å². The Labute approximate surface area is 103 Å². The molecule has 1 aliphatic heterocycles. The van der Waals surface area contributed by atoms with Crippen LogP contribution in [0.4, 0.5) is 0 Å². The van der Waals surface area contributed by atoms with Crippen molar-refractivity contribution in [1.82, 2.24) is 10.3 Å². The lowest BCUT2D eigenvalue weighted by Gasteiger charge is -2.35. The van der Waals surface area contributed by atoms with Crippen molar-refractivity contribution in [3.8, 4) is 0 Å². The van der Waals surface area contributed by atoms with Crippen molar-refractivity contribution in [1.29, 1.82) is 0 Å². The van der Waals surface area contributed by atoms with Crippen molar-refractivity contribution < 1.29 is 4.79 Å². The predicted octanol–water partition coefficient (Wildman–Crippen LogP) is 1.97. The lowest BCUT2D eigenvalue weighted by Crippen LogP contribution is -2.42. The van der Waals surface area contributed by atoms with E-state index >= 15 is 0 Å². The second-order valence-corrected chi connectivity index (χ2v) is 4.85. The molecule has 0 unspecified atom stereocenters. The Balaban J connectivity index is 2.07. The number of rotatable bonds is 4. The number of piperidine rings is 1. The fraction of sp³-hybridized carbons (Fsp3) is 0.571. The highest BCUT2D eigenvalue weighted by Gasteiger charge is 2.36. The summed E-state index contributed by atoms with van der Waals surface area (Å²) >= 11 is 0. The summed E-state index contributed by atoms with van der Waals surface area (Å²) < 4.78 is 0. The standard InChI is InChI=1S/C14H20N2O/c1-2-14(5-8-15-9-6-14)13(17)10-12-4-3-7-16-11-12/h3-4,7,11,15H,2,5-6,8-10H2,1H3. The summed E-state index contributed by atoms with van der Waals surface area (Å²) in [5.41, 5.74) is 0.935. The molecule has 0 aliphatic carbocycles. The number of hydrogen-bond acceptors (Lipinski definition) is 3. The molecule has 17 heavy (non-hydrogen) atoms. The number of Topliss-reactive ketones (excluding diaryl/α,β-unsaturated/α-hetero) is 1. The van der Waals surface area contributed by atoms with Crippen LogP contribution in [0.3, 0.4) is 0 Å². The summed E-state index contributed by atoms with van der Waals surface area (Å²) in [5, 5.41) is 3.33. The minimum atomic E-state index is -0.0961. The van der Waals surface area contributed by atoms with Crippen molar-refractivity contribution >= 4 is 5.78 Å². The molecule has 1 aliphatic rings. The second-order valence-electron chi connectivity index (χ2n) is 4.85. The maximum absolute atomic E-state index is 12.5. The minimum Gasteiger partial charge on any atom is -0.317 e. The van der Waals surface area contributed by atoms with Gasteiger partial charge >= 0.3 is 0 Å². The van der Waals surface area contributed by atoms with Gasteiger partial charge in [0.2, 0.25) is 0 Å². The van der Waals surface area contributed by atoms with Crippen LogP contribution in [0, 0.1) is 5.41 Å². The molecule has 2 rings (SSSR count). The molecule has 0 saturated carbocycles. The quantitative estimate of drug-likeness (QED) is 0.863. The van der Waals surface area contributed by atoms with Crippen LogP contribution in [-0.2, 0) is 11.2 Å². The first kappa shape index (κ1) is 12.2. The van der Waals surface area contributed by atoms with Crippen LogP contribution < -0.4 is 5.32 Å². The van der Waals surface area contributed by atoms with Crippen LogP contribution in [0.25, 0.3) is 0 Å². The van der Waals surface area contributed by atoms with Gasteiger partial charge in [-0.25, -0.2) is 0 Å². The zero-order valence-corrected chi connectivity index (χ0v) is 10.4. The van der Waals surface area contributed by atoms with E-state index in [9.17, 15) is 4.79 Å². The average Bonchev–Trinajstić information content (AvgIpc) is 2.40. The van der Waals surface area contributed by atoms with E-state index in [1.54, 1.807) is 12.4 Å². The summed E-state index contributed by atoms with van der Waals surface area (Å²) in [7, 11) is 0. The van der Waals surface area contributed by atoms with Crippen LogP contribution in [0.5, 0.6) is 0 Å². The van der Waals surface area contributed by atoms with Gasteiger partial charge in [-0.2, -0.15) is 0 Å². The zero-order chi connectivity index (χ0) is 12.1. The SMILES string of the molecule is CCC1(C(=O)Cc2cccnc2)CCNCC1. The summed E-state index contributed by atoms with van der Waals surface area (Å²) in [5.74, 6) is 0.384. The zero-order valence-electron chi connectivity index (χ0n) is 10.4. The Bertz CT molecular complexity index is 369. The number of nitrogens with one attached hydrogen (secondary N) is 1. The van der Waals surface area contributed by atoms with Gasteiger partial charge in [0.15, 0.2) is 0 Å². The van der Waals surface area contributed by atoms with Crippen LogP contribution in [-0.4, -0.2) is 23.9 Å². The van der Waals surface area contributed by atoms with E-state index in [0.29, 0.717) is 12.2 Å². The van der Waals surface area contributed by atoms with Gasteiger partial charge in [-0.3, -0.25) is 9.78 Å². The van der Waals surface area contributed by atoms with Gasteiger partial charge in [-0.05, 0) is 44.0 Å². The highest BCUT2D eigenvalue weighted by Crippen LogP contribution is 2.34. The second kappa shape index (κ2) is 5.41. The van der Waals surface area contributed by atoms with Gasteiger partial charge in [0.1, 0.15) is 5.78 Å². The Morgan fingerprint density at radius 3 is 2.82 bits per heavy atom. The molecule has 1 saturated heterocycles. The Morgan fingerprint density at radius 2 is 2.24 bits per heavy atom. The molecule has 1 fully saturated rings. The molecule has 2 heterocycles. The van der Waals surface area contributed by atoms with E-state index in [-0.39, 0.29) is 5.41 Å². The first-order valence-electron chi connectivity index (χ1n) is 6.40. The fourth-order valence-corrected chi connectivity index (χ4v) is 2.61. The molecule has 0 bridgehead atoms. The molecule has 0 atom stereocenters. The molecule has 0 radical (unpaired) electrons. The van der Waals surface area contributed by atoms with Gasteiger partial charge in [0.25, 0.3) is 0 Å². The maximum atomic E-state index is 12.5. The highest BCUT2D eigenvalue weighted by molar-refractivity contribution is 5.86. The van der Waals surface area contributed by atoms with E-state index in [2.05, 4.69) is 17.2 Å². The van der Waals surface area contributed by atoms with Crippen molar-refractivity contribution in [3.05, 3.63) is 30.1 Å². The molecule has 1 N–H and O–H groups in total. The first-order chi connectivity index (χ1) is 8.27. The summed E-state index contributed by atoms with van der Waals surface area (Å²) in [4.78, 5) is 16.5. The summed E-state index contributed by atoms with van der Waals surface area (Å²) in [6.07, 6.45) is 6.97. The van der Waals surface area contributed by atoms with Crippen LogP contribution in [0.15, 0.2) is 24.5 Å². The molecule has 1 aromatic rings. The highest BCUT2D eigenvalue weighted by atomic mass is 16.1. The minimum absolute atomic E-state index is 0.0961. The number of aromatic nitrogens is 1. The van der Waals surface area contributed by atoms with E-state index in [1.807, 2.05) is 12.1 Å². The third kappa shape index (κ3) is 2.72. The molecule has 1 aromatic heterocycles. The fourth-order valence-electron chi connectivity index (χ4n) is 2.61. The van der Waals surface area contributed by atoms with Crippen molar-refractivity contribution in [2.45, 2.75) is 32.6 Å². The number of carbonyl (C=O) groups excluding carboxylic acids is 1. The van der Waals surface area contributed by atoms with Gasteiger partial charge in [-0.1, -0.05) is 13.0 Å². The summed E-state index contributed by atoms with van der Waals surface area (Å²) in [6, 6.07) is 3.87. The summed E-state index contributed by atoms with van der Waals surface area (Å²) in [6.45, 7) is 4.06. The molecular formula is C14H20N2O. The lowest BCUT2D eigenvalue weighted by molar-refractivity contribution is -0.129. The largest absolute Gasteiger partial charge is 0.317 e. The topological polar surface area (TPSA) is 42.0 Å². The molecule has 92 valence electrons. The molecule has 0 amide bonds. The molecular weight excluding hydrogens is 212 g/mol. The van der Waals surface area contributed by atoms with Gasteiger partial charge in [-0.15, -0.1) is 0 Å². The Hall–Kier alpha value is -1.22. The number of ketones is 1.